The Morgan fingerprint density at radius 3 is 2.85 bits per heavy atom. The van der Waals surface area contributed by atoms with Gasteiger partial charge >= 0.3 is 5.97 Å². The quantitative estimate of drug-likeness (QED) is 0.659. The zero-order chi connectivity index (χ0) is 19.4. The van der Waals surface area contributed by atoms with Gasteiger partial charge in [-0.15, -0.1) is 11.3 Å². The Bertz CT molecular complexity index is 1050. The van der Waals surface area contributed by atoms with Gasteiger partial charge in [-0.3, -0.25) is 19.0 Å². The van der Waals surface area contributed by atoms with Crippen LogP contribution < -0.4 is 10.9 Å². The highest BCUT2D eigenvalue weighted by molar-refractivity contribution is 7.13. The highest BCUT2D eigenvalue weighted by Crippen LogP contribution is 2.18. The van der Waals surface area contributed by atoms with Crippen molar-refractivity contribution in [3.8, 4) is 0 Å². The standard InChI is InChI=1S/C19H19N3O4S/c1-3-26-18(25)9-13-11-27-19(20-13)21-16(23)10-22-15-7-5-4-6-14(15)12(2)8-17(22)24/h4-8,11H,3,9-10H2,1-2H3,(H,20,21,23). The van der Waals surface area contributed by atoms with Gasteiger partial charge in [0.25, 0.3) is 5.56 Å². The van der Waals surface area contributed by atoms with Crippen LogP contribution in [0.2, 0.25) is 0 Å². The van der Waals surface area contributed by atoms with Crippen LogP contribution in [0.5, 0.6) is 0 Å². The fourth-order valence-electron chi connectivity index (χ4n) is 2.77. The van der Waals surface area contributed by atoms with Crippen LogP contribution >= 0.6 is 11.3 Å². The van der Waals surface area contributed by atoms with Crippen molar-refractivity contribution in [3.05, 3.63) is 57.3 Å². The first-order valence-electron chi connectivity index (χ1n) is 8.47. The minimum absolute atomic E-state index is 0.0578. The lowest BCUT2D eigenvalue weighted by Crippen LogP contribution is -2.27. The predicted molar refractivity (Wildman–Crippen MR) is 104 cm³/mol. The van der Waals surface area contributed by atoms with Crippen LogP contribution in [-0.4, -0.2) is 28.0 Å². The van der Waals surface area contributed by atoms with Crippen molar-refractivity contribution in [2.45, 2.75) is 26.8 Å². The number of rotatable bonds is 6. The first-order chi connectivity index (χ1) is 13.0. The molecule has 8 heteroatoms. The largest absolute Gasteiger partial charge is 0.466 e. The van der Waals surface area contributed by atoms with E-state index in [-0.39, 0.29) is 30.4 Å². The Kier molecular flexibility index (Phi) is 5.66. The number of nitrogens with one attached hydrogen (secondary N) is 1. The number of para-hydroxylation sites is 1. The van der Waals surface area contributed by atoms with Crippen LogP contribution in [-0.2, 0) is 27.3 Å². The molecule has 7 nitrogen and oxygen atoms in total. The number of pyridine rings is 1. The van der Waals surface area contributed by atoms with Crippen LogP contribution in [0.3, 0.4) is 0 Å². The number of benzene rings is 1. The number of hydrogen-bond donors (Lipinski definition) is 1. The second-order valence-corrected chi connectivity index (χ2v) is 6.80. The summed E-state index contributed by atoms with van der Waals surface area (Å²) in [5.41, 5.74) is 1.88. The number of aromatic nitrogens is 2. The molecule has 1 amide bonds. The molecular formula is C19H19N3O4S. The van der Waals surface area contributed by atoms with Gasteiger partial charge in [0.2, 0.25) is 5.91 Å². The molecule has 3 rings (SSSR count). The third-order valence-electron chi connectivity index (χ3n) is 3.96. The van der Waals surface area contributed by atoms with Crippen molar-refractivity contribution < 1.29 is 14.3 Å². The molecule has 0 fully saturated rings. The SMILES string of the molecule is CCOC(=O)Cc1csc(NC(=O)Cn2c(=O)cc(C)c3ccccc32)n1. The maximum Gasteiger partial charge on any atom is 0.311 e. The fourth-order valence-corrected chi connectivity index (χ4v) is 3.50. The molecule has 140 valence electrons. The minimum atomic E-state index is -0.363. The Morgan fingerprint density at radius 2 is 2.07 bits per heavy atom. The molecule has 2 aromatic heterocycles. The summed E-state index contributed by atoms with van der Waals surface area (Å²) in [4.78, 5) is 40.5. The van der Waals surface area contributed by atoms with E-state index < -0.39 is 0 Å². The molecular weight excluding hydrogens is 366 g/mol. The summed E-state index contributed by atoms with van der Waals surface area (Å²) >= 11 is 1.22. The average molecular weight is 385 g/mol. The molecule has 2 heterocycles. The molecule has 0 spiro atoms. The van der Waals surface area contributed by atoms with E-state index in [0.717, 1.165) is 10.9 Å². The van der Waals surface area contributed by atoms with E-state index in [1.165, 1.54) is 22.0 Å². The maximum atomic E-state index is 12.4. The molecule has 1 N–H and O–H groups in total. The van der Waals surface area contributed by atoms with E-state index in [4.69, 9.17) is 4.74 Å². The summed E-state index contributed by atoms with van der Waals surface area (Å²) < 4.78 is 6.31. The van der Waals surface area contributed by atoms with Crippen molar-refractivity contribution in [2.24, 2.45) is 0 Å². The number of anilines is 1. The van der Waals surface area contributed by atoms with Gasteiger partial charge in [0.1, 0.15) is 6.54 Å². The molecule has 27 heavy (non-hydrogen) atoms. The smallest absolute Gasteiger partial charge is 0.311 e. The molecule has 3 aromatic rings. The summed E-state index contributed by atoms with van der Waals surface area (Å²) in [5, 5.41) is 5.68. The molecule has 0 aliphatic heterocycles. The number of carbonyl (C=O) groups is 2. The van der Waals surface area contributed by atoms with E-state index in [1.807, 2.05) is 31.2 Å². The number of esters is 1. The van der Waals surface area contributed by atoms with Gasteiger partial charge in [-0.05, 0) is 25.5 Å². The van der Waals surface area contributed by atoms with E-state index in [2.05, 4.69) is 10.3 Å². The number of ether oxygens (including phenoxy) is 1. The monoisotopic (exact) mass is 385 g/mol. The van der Waals surface area contributed by atoms with E-state index in [1.54, 1.807) is 12.3 Å². The Labute approximate surface area is 159 Å². The van der Waals surface area contributed by atoms with Gasteiger partial charge in [-0.1, -0.05) is 18.2 Å². The molecule has 0 saturated heterocycles. The Balaban J connectivity index is 1.74. The Morgan fingerprint density at radius 1 is 1.30 bits per heavy atom. The molecule has 0 bridgehead atoms. The van der Waals surface area contributed by atoms with Crippen LogP contribution in [0.15, 0.2) is 40.5 Å². The molecule has 0 aliphatic rings. The molecule has 1 aromatic carbocycles. The lowest BCUT2D eigenvalue weighted by Gasteiger charge is -2.11. The van der Waals surface area contributed by atoms with Crippen molar-refractivity contribution in [2.75, 3.05) is 11.9 Å². The second kappa shape index (κ2) is 8.13. The molecule has 0 saturated carbocycles. The molecule has 0 aliphatic carbocycles. The third-order valence-corrected chi connectivity index (χ3v) is 4.76. The summed E-state index contributed by atoms with van der Waals surface area (Å²) in [6, 6.07) is 8.98. The summed E-state index contributed by atoms with van der Waals surface area (Å²) in [6.07, 6.45) is 0.0578. The lowest BCUT2D eigenvalue weighted by atomic mass is 10.1. The maximum absolute atomic E-state index is 12.4. The number of aryl methyl sites for hydroxylation is 1. The van der Waals surface area contributed by atoms with Gasteiger partial charge in [0.05, 0.1) is 24.2 Å². The highest BCUT2D eigenvalue weighted by atomic mass is 32.1. The summed E-state index contributed by atoms with van der Waals surface area (Å²) in [6.45, 7) is 3.80. The van der Waals surface area contributed by atoms with Crippen molar-refractivity contribution in [3.63, 3.8) is 0 Å². The Hall–Kier alpha value is -3.00. The third kappa shape index (κ3) is 4.40. The molecule has 0 radical (unpaired) electrons. The number of nitrogens with zero attached hydrogens (tertiary/aromatic N) is 2. The first-order valence-corrected chi connectivity index (χ1v) is 9.35. The summed E-state index contributed by atoms with van der Waals surface area (Å²) in [7, 11) is 0. The van der Waals surface area contributed by atoms with Crippen LogP contribution in [0.4, 0.5) is 5.13 Å². The van der Waals surface area contributed by atoms with Crippen molar-refractivity contribution in [1.82, 2.24) is 9.55 Å². The van der Waals surface area contributed by atoms with Gasteiger partial charge in [0, 0.05) is 16.8 Å². The zero-order valence-corrected chi connectivity index (χ0v) is 15.8. The number of carbonyl (C=O) groups excluding carboxylic acids is 2. The lowest BCUT2D eigenvalue weighted by molar-refractivity contribution is -0.142. The number of thiazole rings is 1. The minimum Gasteiger partial charge on any atom is -0.466 e. The highest BCUT2D eigenvalue weighted by Gasteiger charge is 2.13. The number of fused-ring (bicyclic) bond motifs is 1. The van der Waals surface area contributed by atoms with E-state index >= 15 is 0 Å². The summed E-state index contributed by atoms with van der Waals surface area (Å²) in [5.74, 6) is -0.721. The van der Waals surface area contributed by atoms with E-state index in [0.29, 0.717) is 22.9 Å². The number of hydrogen-bond acceptors (Lipinski definition) is 6. The molecule has 0 unspecified atom stereocenters. The van der Waals surface area contributed by atoms with Gasteiger partial charge in [0.15, 0.2) is 5.13 Å². The zero-order valence-electron chi connectivity index (χ0n) is 15.0. The van der Waals surface area contributed by atoms with Crippen LogP contribution in [0.25, 0.3) is 10.9 Å². The second-order valence-electron chi connectivity index (χ2n) is 5.94. The van der Waals surface area contributed by atoms with E-state index in [9.17, 15) is 14.4 Å². The normalized spacial score (nSPS) is 10.7. The van der Waals surface area contributed by atoms with Gasteiger partial charge in [-0.2, -0.15) is 0 Å². The first kappa shape index (κ1) is 18.8. The molecule has 0 atom stereocenters. The number of amides is 1. The van der Waals surface area contributed by atoms with Gasteiger partial charge in [-0.25, -0.2) is 4.98 Å². The fraction of sp³-hybridized carbons (Fsp3) is 0.263. The van der Waals surface area contributed by atoms with Crippen molar-refractivity contribution in [1.29, 1.82) is 0 Å². The predicted octanol–water partition coefficient (Wildman–Crippen LogP) is 2.51. The topological polar surface area (TPSA) is 90.3 Å². The van der Waals surface area contributed by atoms with Gasteiger partial charge < -0.3 is 10.1 Å². The van der Waals surface area contributed by atoms with Crippen LogP contribution in [0.1, 0.15) is 18.2 Å². The van der Waals surface area contributed by atoms with Crippen molar-refractivity contribution >= 4 is 39.2 Å². The van der Waals surface area contributed by atoms with Crippen LogP contribution in [0, 0.1) is 6.92 Å². The average Bonchev–Trinajstić information content (AvgIpc) is 3.05.